The molecule has 1 aromatic heterocycles. The van der Waals surface area contributed by atoms with Gasteiger partial charge in [0.1, 0.15) is 11.5 Å². The molecule has 1 aliphatic heterocycles. The van der Waals surface area contributed by atoms with Crippen molar-refractivity contribution in [3.8, 4) is 17.2 Å². The number of aromatic nitrogens is 2. The molecule has 3 aromatic rings. The smallest absolute Gasteiger partial charge is 0.320 e. The lowest BCUT2D eigenvalue weighted by molar-refractivity contribution is 0.232. The number of para-hydroxylation sites is 1. The van der Waals surface area contributed by atoms with Crippen molar-refractivity contribution in [1.29, 1.82) is 0 Å². The van der Waals surface area contributed by atoms with E-state index in [1.807, 2.05) is 36.4 Å². The molecule has 7 nitrogen and oxygen atoms in total. The van der Waals surface area contributed by atoms with Crippen LogP contribution in [0.4, 0.5) is 10.6 Å². The van der Waals surface area contributed by atoms with Gasteiger partial charge in [-0.3, -0.25) is 5.32 Å². The average Bonchev–Trinajstić information content (AvgIpc) is 3.17. The Morgan fingerprint density at radius 1 is 1.25 bits per heavy atom. The molecule has 2 N–H and O–H groups in total. The maximum absolute atomic E-state index is 12.4. The first-order valence-electron chi connectivity index (χ1n) is 8.83. The summed E-state index contributed by atoms with van der Waals surface area (Å²) in [4.78, 5) is 12.4. The van der Waals surface area contributed by atoms with Crippen molar-refractivity contribution in [1.82, 2.24) is 15.1 Å². The highest BCUT2D eigenvalue weighted by Crippen LogP contribution is 2.37. The predicted octanol–water partition coefficient (Wildman–Crippen LogP) is 4.18. The van der Waals surface area contributed by atoms with Crippen molar-refractivity contribution in [2.24, 2.45) is 0 Å². The molecule has 2 amide bonds. The summed E-state index contributed by atoms with van der Waals surface area (Å²) < 4.78 is 12.5. The second-order valence-corrected chi connectivity index (χ2v) is 6.70. The Hall–Kier alpha value is -3.19. The summed E-state index contributed by atoms with van der Waals surface area (Å²) in [6.07, 6.45) is 2.45. The second-order valence-electron chi connectivity index (χ2n) is 6.29. The molecule has 144 valence electrons. The molecule has 2 aromatic carbocycles. The van der Waals surface area contributed by atoms with Crippen molar-refractivity contribution in [3.63, 3.8) is 0 Å². The van der Waals surface area contributed by atoms with Crippen molar-refractivity contribution in [3.05, 3.63) is 65.3 Å². The molecule has 2 heterocycles. The molecule has 0 saturated heterocycles. The van der Waals surface area contributed by atoms with Gasteiger partial charge in [-0.1, -0.05) is 23.7 Å². The van der Waals surface area contributed by atoms with Gasteiger partial charge in [-0.05, 0) is 30.3 Å². The lowest BCUT2D eigenvalue weighted by Gasteiger charge is -2.27. The van der Waals surface area contributed by atoms with E-state index < -0.39 is 0 Å². The number of rotatable bonds is 4. The van der Waals surface area contributed by atoms with E-state index in [0.29, 0.717) is 29.6 Å². The normalized spacial score (nSPS) is 15.3. The van der Waals surface area contributed by atoms with E-state index in [9.17, 15) is 4.79 Å². The number of hydrogen-bond acceptors (Lipinski definition) is 4. The zero-order valence-electron chi connectivity index (χ0n) is 15.2. The topological polar surface area (TPSA) is 77.4 Å². The number of carbonyl (C=O) groups excluding carboxylic acids is 1. The van der Waals surface area contributed by atoms with E-state index >= 15 is 0 Å². The Bertz CT molecular complexity index is 987. The number of nitrogens with zero attached hydrogens (tertiary/aromatic N) is 2. The summed E-state index contributed by atoms with van der Waals surface area (Å²) in [6, 6.07) is 14.2. The van der Waals surface area contributed by atoms with Crippen molar-refractivity contribution < 1.29 is 14.3 Å². The Balaban J connectivity index is 1.42. The Morgan fingerprint density at radius 2 is 2.07 bits per heavy atom. The SMILES string of the molecule is COc1ccc(-n2ccc(NC(=O)N[C@H]3CCOc4c(Cl)cccc43)n2)cc1. The van der Waals surface area contributed by atoms with Gasteiger partial charge in [0.25, 0.3) is 0 Å². The van der Waals surface area contributed by atoms with E-state index in [4.69, 9.17) is 21.1 Å². The molecule has 4 rings (SSSR count). The quantitative estimate of drug-likeness (QED) is 0.691. The van der Waals surface area contributed by atoms with Crippen molar-refractivity contribution in [2.45, 2.75) is 12.5 Å². The first kappa shape index (κ1) is 18.2. The summed E-state index contributed by atoms with van der Waals surface area (Å²) in [6.45, 7) is 0.494. The maximum Gasteiger partial charge on any atom is 0.320 e. The number of ether oxygens (including phenoxy) is 2. The molecule has 0 fully saturated rings. The van der Waals surface area contributed by atoms with Crippen LogP contribution in [0, 0.1) is 0 Å². The Morgan fingerprint density at radius 3 is 2.86 bits per heavy atom. The molecular formula is C20H19ClN4O3. The lowest BCUT2D eigenvalue weighted by Crippen LogP contribution is -2.35. The number of anilines is 1. The number of benzene rings is 2. The van der Waals surface area contributed by atoms with Gasteiger partial charge < -0.3 is 14.8 Å². The number of methoxy groups -OCH3 is 1. The van der Waals surface area contributed by atoms with Crippen molar-refractivity contribution in [2.75, 3.05) is 19.0 Å². The molecule has 1 atom stereocenters. The largest absolute Gasteiger partial charge is 0.497 e. The lowest BCUT2D eigenvalue weighted by atomic mass is 10.0. The van der Waals surface area contributed by atoms with E-state index in [-0.39, 0.29) is 12.1 Å². The third-order valence-corrected chi connectivity index (χ3v) is 4.80. The van der Waals surface area contributed by atoms with E-state index in [0.717, 1.165) is 17.0 Å². The molecule has 1 aliphatic rings. The van der Waals surface area contributed by atoms with E-state index in [2.05, 4.69) is 15.7 Å². The summed E-state index contributed by atoms with van der Waals surface area (Å²) in [5, 5.41) is 10.7. The predicted molar refractivity (Wildman–Crippen MR) is 107 cm³/mol. The summed E-state index contributed by atoms with van der Waals surface area (Å²) in [5.41, 5.74) is 1.74. The van der Waals surface area contributed by atoms with Gasteiger partial charge in [0.05, 0.1) is 30.5 Å². The number of urea groups is 1. The fraction of sp³-hybridized carbons (Fsp3) is 0.200. The minimum absolute atomic E-state index is 0.175. The summed E-state index contributed by atoms with van der Waals surface area (Å²) in [7, 11) is 1.62. The number of nitrogens with one attached hydrogen (secondary N) is 2. The van der Waals surface area contributed by atoms with Crippen LogP contribution >= 0.6 is 11.6 Å². The van der Waals surface area contributed by atoms with Crippen LogP contribution in [-0.4, -0.2) is 29.5 Å². The van der Waals surface area contributed by atoms with Crippen LogP contribution in [0.5, 0.6) is 11.5 Å². The second kappa shape index (κ2) is 7.82. The summed E-state index contributed by atoms with van der Waals surface area (Å²) in [5.74, 6) is 1.85. The van der Waals surface area contributed by atoms with Gasteiger partial charge in [-0.15, -0.1) is 5.10 Å². The van der Waals surface area contributed by atoms with Crippen LogP contribution in [0.25, 0.3) is 5.69 Å². The number of fused-ring (bicyclic) bond motifs is 1. The average molecular weight is 399 g/mol. The van der Waals surface area contributed by atoms with E-state index in [1.165, 1.54) is 0 Å². The number of halogens is 1. The molecule has 0 radical (unpaired) electrons. The highest BCUT2D eigenvalue weighted by atomic mass is 35.5. The molecule has 8 heteroatoms. The molecule has 0 spiro atoms. The zero-order chi connectivity index (χ0) is 19.5. The third kappa shape index (κ3) is 3.75. The maximum atomic E-state index is 12.4. The van der Waals surface area contributed by atoms with Gasteiger partial charge >= 0.3 is 6.03 Å². The Kier molecular flexibility index (Phi) is 5.08. The van der Waals surface area contributed by atoms with E-state index in [1.54, 1.807) is 30.1 Å². The van der Waals surface area contributed by atoms with Crippen LogP contribution in [0.2, 0.25) is 5.02 Å². The fourth-order valence-electron chi connectivity index (χ4n) is 3.12. The third-order valence-electron chi connectivity index (χ3n) is 4.50. The number of carbonyl (C=O) groups is 1. The minimum Gasteiger partial charge on any atom is -0.497 e. The molecule has 0 aliphatic carbocycles. The first-order chi connectivity index (χ1) is 13.6. The summed E-state index contributed by atoms with van der Waals surface area (Å²) >= 11 is 6.18. The zero-order valence-corrected chi connectivity index (χ0v) is 15.9. The fourth-order valence-corrected chi connectivity index (χ4v) is 3.35. The standard InChI is InChI=1S/C20H19ClN4O3/c1-27-14-7-5-13(6-8-14)25-11-9-18(24-25)23-20(26)22-17-10-12-28-19-15(17)3-2-4-16(19)21/h2-9,11,17H,10,12H2,1H3,(H2,22,23,24,26)/t17-/m0/s1. The molecular weight excluding hydrogens is 380 g/mol. The number of hydrogen-bond donors (Lipinski definition) is 2. The highest BCUT2D eigenvalue weighted by Gasteiger charge is 2.24. The van der Waals surface area contributed by atoms with Crippen LogP contribution < -0.4 is 20.1 Å². The molecule has 0 unspecified atom stereocenters. The van der Waals surface area contributed by atoms with Gasteiger partial charge in [0.15, 0.2) is 5.82 Å². The van der Waals surface area contributed by atoms with Gasteiger partial charge in [-0.25, -0.2) is 9.48 Å². The molecule has 0 bridgehead atoms. The monoisotopic (exact) mass is 398 g/mol. The first-order valence-corrected chi connectivity index (χ1v) is 9.20. The molecule has 0 saturated carbocycles. The van der Waals surface area contributed by atoms with Gasteiger partial charge in [-0.2, -0.15) is 0 Å². The van der Waals surface area contributed by atoms with Gasteiger partial charge in [0, 0.05) is 24.2 Å². The Labute approximate surface area is 167 Å². The van der Waals surface area contributed by atoms with Gasteiger partial charge in [0.2, 0.25) is 0 Å². The molecule has 28 heavy (non-hydrogen) atoms. The van der Waals surface area contributed by atoms with Crippen LogP contribution in [0.15, 0.2) is 54.7 Å². The van der Waals surface area contributed by atoms with Crippen LogP contribution in [-0.2, 0) is 0 Å². The van der Waals surface area contributed by atoms with Crippen molar-refractivity contribution >= 4 is 23.4 Å². The number of amides is 2. The van der Waals surface area contributed by atoms with Crippen LogP contribution in [0.3, 0.4) is 0 Å². The highest BCUT2D eigenvalue weighted by molar-refractivity contribution is 6.32. The van der Waals surface area contributed by atoms with Crippen LogP contribution in [0.1, 0.15) is 18.0 Å². The minimum atomic E-state index is -0.335.